The number of benzene rings is 4. The Labute approximate surface area is 235 Å². The van der Waals surface area contributed by atoms with E-state index in [9.17, 15) is 4.79 Å². The Kier molecular flexibility index (Phi) is 7.07. The Balaban J connectivity index is 1.10. The summed E-state index contributed by atoms with van der Waals surface area (Å²) in [4.78, 5) is 12.9. The predicted octanol–water partition coefficient (Wildman–Crippen LogP) is 7.73. The van der Waals surface area contributed by atoms with Crippen LogP contribution in [0.4, 0.5) is 0 Å². The molecule has 40 heavy (non-hydrogen) atoms. The number of rotatable bonds is 9. The highest BCUT2D eigenvalue weighted by Gasteiger charge is 2.36. The van der Waals surface area contributed by atoms with Crippen molar-refractivity contribution in [1.82, 2.24) is 0 Å². The molecule has 4 aromatic rings. The zero-order chi connectivity index (χ0) is 27.7. The Hall–Kier alpha value is -4.09. The number of hydrogen-bond donors (Lipinski definition) is 0. The van der Waals surface area contributed by atoms with Crippen molar-refractivity contribution in [3.63, 3.8) is 0 Å². The third-order valence-electron chi connectivity index (χ3n) is 8.29. The van der Waals surface area contributed by atoms with Gasteiger partial charge in [-0.2, -0.15) is 0 Å². The standard InChI is InChI=1S/C35H34O5/c1-4-35(20-37-21-35)19-25-7-9-26(10-8-25)34(36)40-29-14-16-31-30-15-13-28(17-32(30)24(3)33(31)18-29)39-22-38-27-11-5-23(2)6-12-27/h5-18,24H,4,19-22H2,1-3H3. The zero-order valence-corrected chi connectivity index (χ0v) is 23.2. The number of carbonyl (C=O) groups excluding carboxylic acids is 1. The first-order chi connectivity index (χ1) is 19.4. The van der Waals surface area contributed by atoms with Crippen LogP contribution in [0.3, 0.4) is 0 Å². The maximum absolute atomic E-state index is 12.9. The molecule has 0 N–H and O–H groups in total. The summed E-state index contributed by atoms with van der Waals surface area (Å²) in [7, 11) is 0. The van der Waals surface area contributed by atoms with Crippen molar-refractivity contribution < 1.29 is 23.7 Å². The van der Waals surface area contributed by atoms with Gasteiger partial charge in [0.25, 0.3) is 0 Å². The summed E-state index contributed by atoms with van der Waals surface area (Å²) in [6.45, 7) is 8.18. The Morgan fingerprint density at radius 3 is 2.05 bits per heavy atom. The van der Waals surface area contributed by atoms with Crippen LogP contribution in [0.1, 0.15) is 58.8 Å². The second-order valence-corrected chi connectivity index (χ2v) is 11.0. The molecule has 1 aliphatic heterocycles. The van der Waals surface area contributed by atoms with E-state index in [1.54, 1.807) is 0 Å². The van der Waals surface area contributed by atoms with Crippen molar-refractivity contribution >= 4 is 5.97 Å². The van der Waals surface area contributed by atoms with E-state index in [0.717, 1.165) is 48.7 Å². The Morgan fingerprint density at radius 2 is 1.43 bits per heavy atom. The normalized spacial score (nSPS) is 16.4. The van der Waals surface area contributed by atoms with Crippen LogP contribution in [0, 0.1) is 12.3 Å². The Morgan fingerprint density at radius 1 is 0.825 bits per heavy atom. The first-order valence-corrected chi connectivity index (χ1v) is 13.9. The van der Waals surface area contributed by atoms with Crippen LogP contribution in [0.15, 0.2) is 84.9 Å². The van der Waals surface area contributed by atoms with Crippen LogP contribution in [0.25, 0.3) is 11.1 Å². The lowest BCUT2D eigenvalue weighted by atomic mass is 9.77. The van der Waals surface area contributed by atoms with Crippen molar-refractivity contribution in [2.24, 2.45) is 5.41 Å². The van der Waals surface area contributed by atoms with E-state index in [4.69, 9.17) is 18.9 Å². The van der Waals surface area contributed by atoms with Gasteiger partial charge in [-0.25, -0.2) is 4.79 Å². The van der Waals surface area contributed by atoms with Gasteiger partial charge in [-0.05, 0) is 96.1 Å². The summed E-state index contributed by atoms with van der Waals surface area (Å²) in [5.74, 6) is 1.88. The lowest BCUT2D eigenvalue weighted by molar-refractivity contribution is -0.114. The fourth-order valence-corrected chi connectivity index (χ4v) is 5.59. The quantitative estimate of drug-likeness (QED) is 0.125. The molecule has 204 valence electrons. The molecule has 4 aromatic carbocycles. The number of hydrogen-bond acceptors (Lipinski definition) is 5. The molecule has 1 fully saturated rings. The molecule has 6 rings (SSSR count). The molecule has 1 saturated heterocycles. The molecule has 5 heteroatoms. The highest BCUT2D eigenvalue weighted by molar-refractivity contribution is 5.91. The van der Waals surface area contributed by atoms with Crippen molar-refractivity contribution in [2.45, 2.75) is 39.5 Å². The molecule has 1 aliphatic carbocycles. The van der Waals surface area contributed by atoms with Crippen LogP contribution >= 0.6 is 0 Å². The zero-order valence-electron chi connectivity index (χ0n) is 23.2. The maximum atomic E-state index is 12.9. The van der Waals surface area contributed by atoms with Gasteiger partial charge >= 0.3 is 5.97 Å². The van der Waals surface area contributed by atoms with Crippen LogP contribution in [-0.2, 0) is 11.2 Å². The minimum Gasteiger partial charge on any atom is -0.458 e. The fourth-order valence-electron chi connectivity index (χ4n) is 5.59. The first-order valence-electron chi connectivity index (χ1n) is 13.9. The van der Waals surface area contributed by atoms with E-state index < -0.39 is 0 Å². The van der Waals surface area contributed by atoms with Crippen LogP contribution in [-0.4, -0.2) is 26.0 Å². The summed E-state index contributed by atoms with van der Waals surface area (Å²) in [5.41, 5.74) is 7.83. The van der Waals surface area contributed by atoms with Crippen molar-refractivity contribution in [2.75, 3.05) is 20.0 Å². The molecular weight excluding hydrogens is 500 g/mol. The number of fused-ring (bicyclic) bond motifs is 3. The molecule has 1 atom stereocenters. The third-order valence-corrected chi connectivity index (χ3v) is 8.29. The molecule has 5 nitrogen and oxygen atoms in total. The summed E-state index contributed by atoms with van der Waals surface area (Å²) in [5, 5.41) is 0. The van der Waals surface area contributed by atoms with Gasteiger partial charge in [0.15, 0.2) is 0 Å². The van der Waals surface area contributed by atoms with Gasteiger partial charge in [0, 0.05) is 11.3 Å². The van der Waals surface area contributed by atoms with Gasteiger partial charge in [0.1, 0.15) is 17.2 Å². The number of aryl methyl sites for hydroxylation is 1. The SMILES string of the molecule is CCC1(Cc2ccc(C(=O)Oc3ccc4c(c3)C(C)c3cc(OCOc5ccc(C)cc5)ccc3-4)cc2)COC1. The van der Waals surface area contributed by atoms with Gasteiger partial charge in [-0.1, -0.05) is 55.8 Å². The second-order valence-electron chi connectivity index (χ2n) is 11.0. The summed E-state index contributed by atoms with van der Waals surface area (Å²) in [6, 6.07) is 27.7. The molecule has 0 amide bonds. The molecule has 2 aliphatic rings. The van der Waals surface area contributed by atoms with Crippen molar-refractivity contribution in [1.29, 1.82) is 0 Å². The summed E-state index contributed by atoms with van der Waals surface area (Å²) in [6.07, 6.45) is 2.06. The lowest BCUT2D eigenvalue weighted by Gasteiger charge is -2.41. The minimum absolute atomic E-state index is 0.137. The largest absolute Gasteiger partial charge is 0.458 e. The molecule has 0 bridgehead atoms. The smallest absolute Gasteiger partial charge is 0.343 e. The highest BCUT2D eigenvalue weighted by Crippen LogP contribution is 2.47. The number of carbonyl (C=O) groups is 1. The number of ether oxygens (including phenoxy) is 4. The molecule has 0 aromatic heterocycles. The lowest BCUT2D eigenvalue weighted by Crippen LogP contribution is -2.43. The Bertz CT molecular complexity index is 1510. The molecule has 1 heterocycles. The molecular formula is C35H34O5. The molecule has 0 saturated carbocycles. The molecule has 0 radical (unpaired) electrons. The topological polar surface area (TPSA) is 54.0 Å². The maximum Gasteiger partial charge on any atom is 0.343 e. The monoisotopic (exact) mass is 534 g/mol. The summed E-state index contributed by atoms with van der Waals surface area (Å²) >= 11 is 0. The second kappa shape index (κ2) is 10.8. The van der Waals surface area contributed by atoms with Gasteiger partial charge in [-0.3, -0.25) is 0 Å². The number of esters is 1. The average molecular weight is 535 g/mol. The van der Waals surface area contributed by atoms with Gasteiger partial charge in [-0.15, -0.1) is 0 Å². The van der Waals surface area contributed by atoms with Crippen LogP contribution in [0.5, 0.6) is 17.2 Å². The molecule has 0 spiro atoms. The van der Waals surface area contributed by atoms with Crippen molar-refractivity contribution in [3.8, 4) is 28.4 Å². The molecule has 1 unspecified atom stereocenters. The fraction of sp³-hybridized carbons (Fsp3) is 0.286. The van der Waals surface area contributed by atoms with Crippen LogP contribution < -0.4 is 14.2 Å². The predicted molar refractivity (Wildman–Crippen MR) is 155 cm³/mol. The minimum atomic E-state index is -0.351. The van der Waals surface area contributed by atoms with Crippen LogP contribution in [0.2, 0.25) is 0 Å². The van der Waals surface area contributed by atoms with E-state index in [-0.39, 0.29) is 24.1 Å². The van der Waals surface area contributed by atoms with Gasteiger partial charge in [0.2, 0.25) is 6.79 Å². The van der Waals surface area contributed by atoms with E-state index in [1.807, 2.05) is 79.7 Å². The van der Waals surface area contributed by atoms with Gasteiger partial charge < -0.3 is 18.9 Å². The first kappa shape index (κ1) is 26.1. The van der Waals surface area contributed by atoms with Crippen molar-refractivity contribution in [3.05, 3.63) is 113 Å². The van der Waals surface area contributed by atoms with E-state index in [0.29, 0.717) is 11.3 Å². The summed E-state index contributed by atoms with van der Waals surface area (Å²) < 4.78 is 22.9. The average Bonchev–Trinajstić information content (AvgIpc) is 3.22. The van der Waals surface area contributed by atoms with Gasteiger partial charge in [0.05, 0.1) is 18.8 Å². The van der Waals surface area contributed by atoms with E-state index in [1.165, 1.54) is 22.3 Å². The highest BCUT2D eigenvalue weighted by atomic mass is 16.7. The third kappa shape index (κ3) is 5.22. The van der Waals surface area contributed by atoms with E-state index >= 15 is 0 Å². The van der Waals surface area contributed by atoms with E-state index in [2.05, 4.69) is 26.0 Å².